The van der Waals surface area contributed by atoms with Crippen molar-refractivity contribution < 1.29 is 9.47 Å². The molecule has 152 valence electrons. The second kappa shape index (κ2) is 11.0. The summed E-state index contributed by atoms with van der Waals surface area (Å²) in [5, 5.41) is 6.69. The van der Waals surface area contributed by atoms with Crippen molar-refractivity contribution >= 4 is 11.6 Å². The van der Waals surface area contributed by atoms with E-state index in [1.165, 1.54) is 0 Å². The molecule has 7 heteroatoms. The molecule has 1 atom stereocenters. The van der Waals surface area contributed by atoms with Gasteiger partial charge in [-0.25, -0.2) is 0 Å². The van der Waals surface area contributed by atoms with Crippen LogP contribution in [-0.4, -0.2) is 81.8 Å². The molecule has 27 heavy (non-hydrogen) atoms. The van der Waals surface area contributed by atoms with Crippen molar-refractivity contribution in [1.29, 1.82) is 0 Å². The summed E-state index contributed by atoms with van der Waals surface area (Å²) in [6.45, 7) is 12.9. The van der Waals surface area contributed by atoms with Crippen molar-refractivity contribution in [1.82, 2.24) is 15.1 Å². The van der Waals surface area contributed by atoms with Crippen LogP contribution in [-0.2, 0) is 0 Å². The Bertz CT molecular complexity index is 600. The summed E-state index contributed by atoms with van der Waals surface area (Å²) in [5.74, 6) is 2.24. The molecule has 2 rings (SSSR count). The van der Waals surface area contributed by atoms with E-state index >= 15 is 0 Å². The van der Waals surface area contributed by atoms with E-state index in [0.29, 0.717) is 12.6 Å². The van der Waals surface area contributed by atoms with Crippen molar-refractivity contribution in [2.24, 2.45) is 4.99 Å². The van der Waals surface area contributed by atoms with Crippen LogP contribution >= 0.6 is 0 Å². The molecule has 1 heterocycles. The predicted molar refractivity (Wildman–Crippen MR) is 112 cm³/mol. The average molecular weight is 378 g/mol. The highest BCUT2D eigenvalue weighted by Crippen LogP contribution is 2.30. The molecule has 0 saturated carbocycles. The molecule has 0 aliphatic carbocycles. The lowest BCUT2D eigenvalue weighted by Gasteiger charge is -2.35. The first-order chi connectivity index (χ1) is 13.1. The molecule has 1 aromatic carbocycles. The van der Waals surface area contributed by atoms with Gasteiger partial charge in [0.25, 0.3) is 0 Å². The fourth-order valence-corrected chi connectivity index (χ4v) is 3.07. The van der Waals surface area contributed by atoms with Crippen LogP contribution in [0.1, 0.15) is 20.8 Å². The Morgan fingerprint density at radius 3 is 2.56 bits per heavy atom. The maximum Gasteiger partial charge on any atom is 0.195 e. The third-order valence-corrected chi connectivity index (χ3v) is 4.75. The Balaban J connectivity index is 2.01. The summed E-state index contributed by atoms with van der Waals surface area (Å²) < 4.78 is 11.0. The fourth-order valence-electron chi connectivity index (χ4n) is 3.07. The Morgan fingerprint density at radius 1 is 1.19 bits per heavy atom. The number of aliphatic imine (C=N–C) groups is 1. The van der Waals surface area contributed by atoms with Gasteiger partial charge in [-0.3, -0.25) is 9.89 Å². The Hall–Kier alpha value is -1.99. The van der Waals surface area contributed by atoms with E-state index in [9.17, 15) is 0 Å². The number of piperazine rings is 1. The van der Waals surface area contributed by atoms with E-state index in [0.717, 1.165) is 62.4 Å². The van der Waals surface area contributed by atoms with Gasteiger partial charge in [-0.2, -0.15) is 0 Å². The lowest BCUT2D eigenvalue weighted by Crippen LogP contribution is -2.49. The summed E-state index contributed by atoms with van der Waals surface area (Å²) >= 11 is 0. The van der Waals surface area contributed by atoms with Gasteiger partial charge >= 0.3 is 0 Å². The van der Waals surface area contributed by atoms with Crippen molar-refractivity contribution in [2.75, 3.05) is 65.3 Å². The number of nitrogens with zero attached hydrogens (tertiary/aromatic N) is 3. The summed E-state index contributed by atoms with van der Waals surface area (Å²) in [6.07, 6.45) is 0. The summed E-state index contributed by atoms with van der Waals surface area (Å²) in [4.78, 5) is 9.67. The van der Waals surface area contributed by atoms with Crippen molar-refractivity contribution in [3.05, 3.63) is 18.2 Å². The van der Waals surface area contributed by atoms with Crippen LogP contribution in [0.15, 0.2) is 23.2 Å². The molecule has 0 bridgehead atoms. The molecule has 0 spiro atoms. The molecule has 1 saturated heterocycles. The minimum Gasteiger partial charge on any atom is -0.493 e. The topological polar surface area (TPSA) is 61.4 Å². The predicted octanol–water partition coefficient (Wildman–Crippen LogP) is 2.11. The number of hydrogen-bond donors (Lipinski definition) is 2. The lowest BCUT2D eigenvalue weighted by molar-refractivity contribution is 0.122. The number of rotatable bonds is 8. The molecule has 1 unspecified atom stereocenters. The molecule has 0 amide bonds. The summed E-state index contributed by atoms with van der Waals surface area (Å²) in [7, 11) is 3.83. The first-order valence-corrected chi connectivity index (χ1v) is 9.86. The zero-order chi connectivity index (χ0) is 19.6. The normalized spacial score (nSPS) is 17.4. The Kier molecular flexibility index (Phi) is 8.67. The van der Waals surface area contributed by atoms with Crippen LogP contribution < -0.4 is 20.1 Å². The quantitative estimate of drug-likeness (QED) is 0.534. The lowest BCUT2D eigenvalue weighted by atomic mass is 10.2. The standard InChI is InChI=1S/C20H35N5O2/c1-6-21-20(22-15-16(3)25-12-10-24(4)11-13-25)23-17-8-9-18(26-5)19(14-17)27-7-2/h8-9,14,16H,6-7,10-13,15H2,1-5H3,(H2,21,22,23). The van der Waals surface area contributed by atoms with Crippen LogP contribution in [0.25, 0.3) is 0 Å². The summed E-state index contributed by atoms with van der Waals surface area (Å²) in [6, 6.07) is 6.24. The van der Waals surface area contributed by atoms with Crippen LogP contribution in [0.3, 0.4) is 0 Å². The van der Waals surface area contributed by atoms with Crippen LogP contribution in [0.4, 0.5) is 5.69 Å². The summed E-state index contributed by atoms with van der Waals surface area (Å²) in [5.41, 5.74) is 0.922. The third-order valence-electron chi connectivity index (χ3n) is 4.75. The third kappa shape index (κ3) is 6.59. The first kappa shape index (κ1) is 21.3. The van der Waals surface area contributed by atoms with Crippen molar-refractivity contribution in [3.63, 3.8) is 0 Å². The minimum atomic E-state index is 0.420. The van der Waals surface area contributed by atoms with Gasteiger partial charge in [-0.1, -0.05) is 0 Å². The zero-order valence-electron chi connectivity index (χ0n) is 17.4. The minimum absolute atomic E-state index is 0.420. The highest BCUT2D eigenvalue weighted by atomic mass is 16.5. The van der Waals surface area contributed by atoms with Gasteiger partial charge in [0, 0.05) is 50.5 Å². The van der Waals surface area contributed by atoms with E-state index in [1.54, 1.807) is 7.11 Å². The van der Waals surface area contributed by atoms with Crippen LogP contribution in [0.2, 0.25) is 0 Å². The number of guanidine groups is 1. The monoisotopic (exact) mass is 377 g/mol. The van der Waals surface area contributed by atoms with Gasteiger partial charge in [0.15, 0.2) is 17.5 Å². The number of anilines is 1. The van der Waals surface area contributed by atoms with Crippen LogP contribution in [0.5, 0.6) is 11.5 Å². The largest absolute Gasteiger partial charge is 0.493 e. The van der Waals surface area contributed by atoms with E-state index in [1.807, 2.05) is 25.1 Å². The second-order valence-electron chi connectivity index (χ2n) is 6.83. The molecule has 1 fully saturated rings. The highest BCUT2D eigenvalue weighted by molar-refractivity contribution is 5.93. The van der Waals surface area contributed by atoms with Gasteiger partial charge in [0.1, 0.15) is 0 Å². The molecule has 0 radical (unpaired) electrons. The highest BCUT2D eigenvalue weighted by Gasteiger charge is 2.18. The molecule has 1 aliphatic heterocycles. The molecule has 1 aromatic rings. The number of ether oxygens (including phenoxy) is 2. The van der Waals surface area contributed by atoms with E-state index in [4.69, 9.17) is 14.5 Å². The van der Waals surface area contributed by atoms with Gasteiger partial charge in [-0.15, -0.1) is 0 Å². The maximum atomic E-state index is 5.66. The Morgan fingerprint density at radius 2 is 1.93 bits per heavy atom. The molecule has 1 aliphatic rings. The smallest absolute Gasteiger partial charge is 0.195 e. The van der Waals surface area contributed by atoms with E-state index < -0.39 is 0 Å². The van der Waals surface area contributed by atoms with Gasteiger partial charge in [0.05, 0.1) is 20.3 Å². The number of likely N-dealkylation sites (N-methyl/N-ethyl adjacent to an activating group) is 1. The van der Waals surface area contributed by atoms with Crippen molar-refractivity contribution in [3.8, 4) is 11.5 Å². The zero-order valence-corrected chi connectivity index (χ0v) is 17.4. The average Bonchev–Trinajstić information content (AvgIpc) is 2.67. The van der Waals surface area contributed by atoms with Crippen molar-refractivity contribution in [2.45, 2.75) is 26.8 Å². The van der Waals surface area contributed by atoms with Gasteiger partial charge in [0.2, 0.25) is 0 Å². The number of hydrogen-bond acceptors (Lipinski definition) is 5. The number of benzene rings is 1. The Labute approximate surface area is 163 Å². The van der Waals surface area contributed by atoms with Crippen LogP contribution in [0, 0.1) is 0 Å². The first-order valence-electron chi connectivity index (χ1n) is 9.86. The second-order valence-corrected chi connectivity index (χ2v) is 6.83. The number of nitrogens with one attached hydrogen (secondary N) is 2. The fraction of sp³-hybridized carbons (Fsp3) is 0.650. The maximum absolute atomic E-state index is 5.66. The molecule has 2 N–H and O–H groups in total. The number of methoxy groups -OCH3 is 1. The molecular formula is C20H35N5O2. The van der Waals surface area contributed by atoms with E-state index in [-0.39, 0.29) is 0 Å². The van der Waals surface area contributed by atoms with E-state index in [2.05, 4.69) is 41.3 Å². The van der Waals surface area contributed by atoms with Gasteiger partial charge in [-0.05, 0) is 40.0 Å². The molecule has 7 nitrogen and oxygen atoms in total. The molecular weight excluding hydrogens is 342 g/mol. The van der Waals surface area contributed by atoms with Gasteiger partial charge < -0.3 is 25.0 Å². The SMILES string of the molecule is CCNC(=NCC(C)N1CCN(C)CC1)Nc1ccc(OC)c(OCC)c1. The molecule has 0 aromatic heterocycles.